The summed E-state index contributed by atoms with van der Waals surface area (Å²) in [5.41, 5.74) is 0. The molecule has 0 aromatic carbocycles. The summed E-state index contributed by atoms with van der Waals surface area (Å²) >= 11 is 2.46. The normalized spacial score (nSPS) is 12.0. The van der Waals surface area contributed by atoms with Gasteiger partial charge in [0.25, 0.3) is 0 Å². The van der Waals surface area contributed by atoms with E-state index in [-0.39, 0.29) is 11.7 Å². The van der Waals surface area contributed by atoms with Gasteiger partial charge in [0.15, 0.2) is 5.78 Å². The molecular weight excluding hydrogens is 322 g/mol. The number of nitriles is 1. The highest BCUT2D eigenvalue weighted by Gasteiger charge is 2.33. The van der Waals surface area contributed by atoms with Crippen molar-refractivity contribution in [3.8, 4) is 6.07 Å². The van der Waals surface area contributed by atoms with E-state index >= 15 is 0 Å². The Hall–Kier alpha value is -1.20. The molecule has 0 unspecified atom stereocenters. The van der Waals surface area contributed by atoms with Gasteiger partial charge in [-0.1, -0.05) is 19.0 Å². The van der Waals surface area contributed by atoms with E-state index in [2.05, 4.69) is 5.16 Å². The lowest BCUT2D eigenvalue weighted by molar-refractivity contribution is -0.123. The van der Waals surface area contributed by atoms with Gasteiger partial charge in [-0.2, -0.15) is 5.26 Å². The molecular formula is C14H23N3O3S2. The number of rotatable bonds is 7. The van der Waals surface area contributed by atoms with E-state index in [1.54, 1.807) is 20.8 Å². The van der Waals surface area contributed by atoms with Gasteiger partial charge >= 0.3 is 6.09 Å². The zero-order valence-corrected chi connectivity index (χ0v) is 15.5. The Morgan fingerprint density at radius 1 is 1.41 bits per heavy atom. The lowest BCUT2D eigenvalue weighted by atomic mass is 9.98. The fraction of sp³-hybridized carbons (Fsp3) is 0.714. The Morgan fingerprint density at radius 2 is 2.00 bits per heavy atom. The van der Waals surface area contributed by atoms with Crippen molar-refractivity contribution in [2.45, 2.75) is 45.8 Å². The number of amides is 1. The highest BCUT2D eigenvalue weighted by atomic mass is 32.2. The lowest BCUT2D eigenvalue weighted by Gasteiger charge is -2.28. The number of hydrogen-bond acceptors (Lipinski definition) is 7. The summed E-state index contributed by atoms with van der Waals surface area (Å²) in [7, 11) is 1.54. The molecule has 124 valence electrons. The van der Waals surface area contributed by atoms with Gasteiger partial charge in [-0.05, 0) is 32.7 Å². The van der Waals surface area contributed by atoms with E-state index in [4.69, 9.17) is 10.1 Å². The van der Waals surface area contributed by atoms with E-state index in [9.17, 15) is 9.59 Å². The Balaban J connectivity index is 4.47. The molecule has 0 bridgehead atoms. The minimum Gasteiger partial charge on any atom is -0.298 e. The molecule has 6 nitrogen and oxygen atoms in total. The zero-order chi connectivity index (χ0) is 17.3. The molecule has 0 aliphatic heterocycles. The predicted molar refractivity (Wildman–Crippen MR) is 91.6 cm³/mol. The van der Waals surface area contributed by atoms with Crippen LogP contribution < -0.4 is 0 Å². The van der Waals surface area contributed by atoms with E-state index in [0.29, 0.717) is 17.2 Å². The number of carbonyl (C=O) groups excluding carboxylic acids is 2. The first-order valence-corrected chi connectivity index (χ1v) is 8.60. The van der Waals surface area contributed by atoms with Crippen molar-refractivity contribution in [2.75, 3.05) is 12.8 Å². The van der Waals surface area contributed by atoms with Crippen LogP contribution in [0.4, 0.5) is 4.79 Å². The SMILES string of the molecule is CC(=NOC(=O)N(C)SC(C)(C)C(=O)C(C)C)SCCC#N. The molecule has 0 aromatic rings. The molecule has 0 aliphatic carbocycles. The molecule has 0 saturated carbocycles. The first-order valence-electron chi connectivity index (χ1n) is 6.84. The predicted octanol–water partition coefficient (Wildman–Crippen LogP) is 3.69. The van der Waals surface area contributed by atoms with Gasteiger partial charge in [-0.3, -0.25) is 13.9 Å². The van der Waals surface area contributed by atoms with Crippen LogP contribution in [0.25, 0.3) is 0 Å². The Kier molecular flexibility index (Phi) is 9.21. The number of nitrogens with zero attached hydrogens (tertiary/aromatic N) is 3. The first kappa shape index (κ1) is 20.8. The smallest absolute Gasteiger partial charge is 0.298 e. The number of oxime groups is 1. The fourth-order valence-electron chi connectivity index (χ4n) is 1.55. The van der Waals surface area contributed by atoms with Crippen LogP contribution in [-0.2, 0) is 9.63 Å². The van der Waals surface area contributed by atoms with Crippen LogP contribution in [0.5, 0.6) is 0 Å². The second kappa shape index (κ2) is 9.74. The third-order valence-electron chi connectivity index (χ3n) is 2.52. The summed E-state index contributed by atoms with van der Waals surface area (Å²) in [6, 6.07) is 2.02. The van der Waals surface area contributed by atoms with Gasteiger partial charge in [0.05, 0.1) is 10.8 Å². The third-order valence-corrected chi connectivity index (χ3v) is 4.50. The summed E-state index contributed by atoms with van der Waals surface area (Å²) < 4.78 is 0.541. The van der Waals surface area contributed by atoms with Crippen molar-refractivity contribution in [1.29, 1.82) is 5.26 Å². The molecule has 8 heteroatoms. The van der Waals surface area contributed by atoms with Crippen LogP contribution in [0.2, 0.25) is 0 Å². The fourth-order valence-corrected chi connectivity index (χ4v) is 3.25. The molecule has 0 spiro atoms. The average molecular weight is 345 g/mol. The molecule has 0 N–H and O–H groups in total. The minimum absolute atomic E-state index is 0.0592. The number of ketones is 1. The van der Waals surface area contributed by atoms with Gasteiger partial charge in [0.1, 0.15) is 5.04 Å². The largest absolute Gasteiger partial charge is 0.445 e. The molecule has 0 rings (SSSR count). The highest BCUT2D eigenvalue weighted by Crippen LogP contribution is 2.30. The van der Waals surface area contributed by atoms with E-state index < -0.39 is 10.8 Å². The maximum absolute atomic E-state index is 12.1. The lowest BCUT2D eigenvalue weighted by Crippen LogP contribution is -2.36. The highest BCUT2D eigenvalue weighted by molar-refractivity contribution is 8.13. The van der Waals surface area contributed by atoms with Gasteiger partial charge in [0.2, 0.25) is 0 Å². The van der Waals surface area contributed by atoms with Crippen LogP contribution in [0, 0.1) is 17.2 Å². The maximum atomic E-state index is 12.1. The summed E-state index contributed by atoms with van der Waals surface area (Å²) in [4.78, 5) is 28.8. The van der Waals surface area contributed by atoms with Crippen LogP contribution in [-0.4, -0.2) is 38.8 Å². The van der Waals surface area contributed by atoms with Gasteiger partial charge in [-0.15, -0.1) is 11.8 Å². The van der Waals surface area contributed by atoms with Gasteiger partial charge < -0.3 is 0 Å². The molecule has 0 heterocycles. The van der Waals surface area contributed by atoms with Crippen molar-refractivity contribution < 1.29 is 14.4 Å². The molecule has 0 aliphatic rings. The van der Waals surface area contributed by atoms with Crippen molar-refractivity contribution in [3.63, 3.8) is 0 Å². The van der Waals surface area contributed by atoms with Crippen LogP contribution in [0.3, 0.4) is 0 Å². The van der Waals surface area contributed by atoms with Crippen molar-refractivity contribution >= 4 is 40.6 Å². The quantitative estimate of drug-likeness (QED) is 0.175. The van der Waals surface area contributed by atoms with Crippen LogP contribution in [0.1, 0.15) is 41.0 Å². The molecule has 0 fully saturated rings. The van der Waals surface area contributed by atoms with Crippen molar-refractivity contribution in [1.82, 2.24) is 4.31 Å². The van der Waals surface area contributed by atoms with Crippen LogP contribution >= 0.6 is 23.7 Å². The topological polar surface area (TPSA) is 82.8 Å². The first-order chi connectivity index (χ1) is 10.1. The Morgan fingerprint density at radius 3 is 2.50 bits per heavy atom. The van der Waals surface area contributed by atoms with E-state index in [0.717, 1.165) is 11.9 Å². The van der Waals surface area contributed by atoms with E-state index in [1.165, 1.54) is 23.1 Å². The second-order valence-electron chi connectivity index (χ2n) is 5.34. The number of thioether (sulfide) groups is 1. The Bertz CT molecular complexity index is 470. The summed E-state index contributed by atoms with van der Waals surface area (Å²) in [5.74, 6) is 0.553. The van der Waals surface area contributed by atoms with Crippen molar-refractivity contribution in [2.24, 2.45) is 11.1 Å². The zero-order valence-electron chi connectivity index (χ0n) is 13.9. The average Bonchev–Trinajstić information content (AvgIpc) is 2.43. The molecule has 0 atom stereocenters. The maximum Gasteiger partial charge on any atom is 0.445 e. The molecule has 22 heavy (non-hydrogen) atoms. The Labute approximate surface area is 140 Å². The minimum atomic E-state index is -0.720. The number of hydrogen-bond donors (Lipinski definition) is 0. The molecule has 1 amide bonds. The van der Waals surface area contributed by atoms with Gasteiger partial charge in [0, 0.05) is 25.1 Å². The van der Waals surface area contributed by atoms with Crippen molar-refractivity contribution in [3.05, 3.63) is 0 Å². The van der Waals surface area contributed by atoms with E-state index in [1.807, 2.05) is 19.9 Å². The monoisotopic (exact) mass is 345 g/mol. The summed E-state index contributed by atoms with van der Waals surface area (Å²) in [6.07, 6.45) is -0.234. The molecule has 0 aromatic heterocycles. The van der Waals surface area contributed by atoms with Crippen LogP contribution in [0.15, 0.2) is 5.16 Å². The third kappa shape index (κ3) is 7.71. The summed E-state index contributed by atoms with van der Waals surface area (Å²) in [5, 5.41) is 12.7. The standard InChI is InChI=1S/C14H23N3O3S2/c1-10(2)12(18)14(4,5)22-17(6)13(19)20-16-11(3)21-9-7-8-15/h10H,7,9H2,1-6H3. The number of Topliss-reactive ketones (excluding diaryl/α,β-unsaturated/α-hetero) is 1. The molecule has 0 radical (unpaired) electrons. The number of carbonyl (C=O) groups is 2. The summed E-state index contributed by atoms with van der Waals surface area (Å²) in [6.45, 7) is 8.91. The molecule has 0 saturated heterocycles. The second-order valence-corrected chi connectivity index (χ2v) is 8.38. The van der Waals surface area contributed by atoms with Gasteiger partial charge in [-0.25, -0.2) is 4.79 Å².